The maximum atomic E-state index is 11.7. The van der Waals surface area contributed by atoms with E-state index in [1.165, 1.54) is 0 Å². The molecule has 1 heterocycles. The highest BCUT2D eigenvalue weighted by Gasteiger charge is 2.43. The summed E-state index contributed by atoms with van der Waals surface area (Å²) in [6.07, 6.45) is 0. The van der Waals surface area contributed by atoms with E-state index in [9.17, 15) is 4.79 Å². The summed E-state index contributed by atoms with van der Waals surface area (Å²) in [5.41, 5.74) is -0.520. The molecule has 0 radical (unpaired) electrons. The largest absolute Gasteiger partial charge is 0.342 e. The maximum absolute atomic E-state index is 11.7. The molecule has 1 saturated heterocycles. The van der Waals surface area contributed by atoms with Gasteiger partial charge in [-0.1, -0.05) is 13.8 Å². The van der Waals surface area contributed by atoms with Crippen LogP contribution in [-0.2, 0) is 4.79 Å². The van der Waals surface area contributed by atoms with E-state index in [1.807, 2.05) is 34.6 Å². The van der Waals surface area contributed by atoms with Gasteiger partial charge in [-0.15, -0.1) is 0 Å². The molecular formula is C10H19N3O. The van der Waals surface area contributed by atoms with E-state index in [0.717, 1.165) is 0 Å². The summed E-state index contributed by atoms with van der Waals surface area (Å²) >= 11 is 0. The summed E-state index contributed by atoms with van der Waals surface area (Å²) in [6, 6.07) is 0.187. The lowest BCUT2D eigenvalue weighted by molar-refractivity contribution is -0.124. The monoisotopic (exact) mass is 197 g/mol. The van der Waals surface area contributed by atoms with Crippen molar-refractivity contribution in [2.24, 2.45) is 10.9 Å². The van der Waals surface area contributed by atoms with Gasteiger partial charge in [-0.25, -0.2) is 0 Å². The number of aliphatic imine (C=N–C) groups is 1. The topological polar surface area (TPSA) is 53.5 Å². The molecule has 0 aromatic rings. The van der Waals surface area contributed by atoms with Crippen molar-refractivity contribution in [3.8, 4) is 0 Å². The third-order valence-corrected chi connectivity index (χ3v) is 2.62. The molecule has 0 aliphatic carbocycles. The first-order valence-electron chi connectivity index (χ1n) is 5.03. The molecule has 1 fully saturated rings. The highest BCUT2D eigenvalue weighted by Crippen LogP contribution is 2.19. The molecule has 4 nitrogen and oxygen atoms in total. The number of carbonyl (C=O) groups excluding carboxylic acids is 1. The van der Waals surface area contributed by atoms with Gasteiger partial charge in [0.15, 0.2) is 5.96 Å². The van der Waals surface area contributed by atoms with Crippen molar-refractivity contribution in [3.05, 3.63) is 0 Å². The van der Waals surface area contributed by atoms with E-state index in [1.54, 1.807) is 0 Å². The molecule has 1 atom stereocenters. The van der Waals surface area contributed by atoms with Gasteiger partial charge >= 0.3 is 0 Å². The molecule has 4 heteroatoms. The van der Waals surface area contributed by atoms with Crippen molar-refractivity contribution in [2.75, 3.05) is 0 Å². The zero-order valence-electron chi connectivity index (χ0n) is 9.51. The molecule has 0 aromatic carbocycles. The van der Waals surface area contributed by atoms with Gasteiger partial charge in [-0.3, -0.25) is 15.1 Å². The summed E-state index contributed by atoms with van der Waals surface area (Å²) < 4.78 is 0. The van der Waals surface area contributed by atoms with Crippen LogP contribution in [0.25, 0.3) is 0 Å². The smallest absolute Gasteiger partial charge is 0.252 e. The summed E-state index contributed by atoms with van der Waals surface area (Å²) in [5, 5.41) is 5.89. The maximum Gasteiger partial charge on any atom is 0.252 e. The summed E-state index contributed by atoms with van der Waals surface area (Å²) in [7, 11) is 0. The first kappa shape index (κ1) is 11.0. The highest BCUT2D eigenvalue weighted by molar-refractivity contribution is 6.08. The highest BCUT2D eigenvalue weighted by atomic mass is 16.2. The van der Waals surface area contributed by atoms with Crippen LogP contribution in [0.15, 0.2) is 4.99 Å². The summed E-state index contributed by atoms with van der Waals surface area (Å²) in [4.78, 5) is 16.0. The summed E-state index contributed by atoms with van der Waals surface area (Å²) in [5.74, 6) is 0.843. The van der Waals surface area contributed by atoms with E-state index in [0.29, 0.717) is 5.96 Å². The molecule has 1 unspecified atom stereocenters. The Bertz CT molecular complexity index is 271. The number of carbonyl (C=O) groups is 1. The molecule has 2 N–H and O–H groups in total. The predicted molar refractivity (Wildman–Crippen MR) is 57.1 cm³/mol. The van der Waals surface area contributed by atoms with Crippen LogP contribution in [0, 0.1) is 5.92 Å². The van der Waals surface area contributed by atoms with Gasteiger partial charge in [0.1, 0.15) is 5.54 Å². The second-order valence-corrected chi connectivity index (χ2v) is 4.51. The second-order valence-electron chi connectivity index (χ2n) is 4.51. The number of amides is 1. The van der Waals surface area contributed by atoms with E-state index >= 15 is 0 Å². The average Bonchev–Trinajstić information content (AvgIpc) is 2.27. The van der Waals surface area contributed by atoms with Gasteiger partial charge in [-0.2, -0.15) is 0 Å². The van der Waals surface area contributed by atoms with E-state index in [4.69, 9.17) is 0 Å². The fourth-order valence-electron chi connectivity index (χ4n) is 1.30. The van der Waals surface area contributed by atoms with Gasteiger partial charge in [-0.05, 0) is 26.7 Å². The van der Waals surface area contributed by atoms with Gasteiger partial charge < -0.3 is 5.32 Å². The Hall–Kier alpha value is -1.06. The molecule has 0 aromatic heterocycles. The Balaban J connectivity index is 2.84. The van der Waals surface area contributed by atoms with Crippen LogP contribution in [-0.4, -0.2) is 23.4 Å². The molecule has 1 aliphatic heterocycles. The fraction of sp³-hybridized carbons (Fsp3) is 0.800. The van der Waals surface area contributed by atoms with Crippen LogP contribution >= 0.6 is 0 Å². The van der Waals surface area contributed by atoms with Crippen LogP contribution in [0.5, 0.6) is 0 Å². The zero-order valence-corrected chi connectivity index (χ0v) is 9.51. The number of rotatable bonds is 2. The Morgan fingerprint density at radius 2 is 1.86 bits per heavy atom. The third-order valence-electron chi connectivity index (χ3n) is 2.62. The third kappa shape index (κ3) is 1.89. The molecule has 1 amide bonds. The Morgan fingerprint density at radius 1 is 1.29 bits per heavy atom. The van der Waals surface area contributed by atoms with Crippen molar-refractivity contribution in [2.45, 2.75) is 46.2 Å². The van der Waals surface area contributed by atoms with E-state index in [-0.39, 0.29) is 17.9 Å². The SMILES string of the molecule is CC(C)N=C1NC(=O)C(C)(C(C)C)N1. The van der Waals surface area contributed by atoms with Crippen molar-refractivity contribution in [1.82, 2.24) is 10.6 Å². The predicted octanol–water partition coefficient (Wildman–Crippen LogP) is 0.885. The molecule has 1 rings (SSSR count). The van der Waals surface area contributed by atoms with Crippen LogP contribution < -0.4 is 10.6 Å². The minimum Gasteiger partial charge on any atom is -0.342 e. The van der Waals surface area contributed by atoms with Gasteiger partial charge in [0.25, 0.3) is 5.91 Å². The first-order valence-corrected chi connectivity index (χ1v) is 5.03. The van der Waals surface area contributed by atoms with Crippen LogP contribution in [0.2, 0.25) is 0 Å². The normalized spacial score (nSPS) is 29.9. The standard InChI is InChI=1S/C10H19N3O/c1-6(2)10(5)8(14)12-9(13-10)11-7(3)4/h6-7H,1-5H3,(H2,11,12,13,14). The lowest BCUT2D eigenvalue weighted by Crippen LogP contribution is -2.48. The number of guanidine groups is 1. The number of hydrogen-bond donors (Lipinski definition) is 2. The van der Waals surface area contributed by atoms with Gasteiger partial charge in [0, 0.05) is 6.04 Å². The zero-order chi connectivity index (χ0) is 10.9. The minimum absolute atomic E-state index is 0.00639. The average molecular weight is 197 g/mol. The van der Waals surface area contributed by atoms with Gasteiger partial charge in [0.05, 0.1) is 0 Å². The first-order chi connectivity index (χ1) is 6.36. The molecule has 80 valence electrons. The summed E-state index contributed by atoms with van der Waals surface area (Å²) in [6.45, 7) is 9.89. The minimum atomic E-state index is -0.520. The van der Waals surface area contributed by atoms with Crippen molar-refractivity contribution < 1.29 is 4.79 Å². The van der Waals surface area contributed by atoms with Gasteiger partial charge in [0.2, 0.25) is 0 Å². The van der Waals surface area contributed by atoms with Crippen molar-refractivity contribution >= 4 is 11.9 Å². The lowest BCUT2D eigenvalue weighted by Gasteiger charge is -2.25. The second kappa shape index (κ2) is 3.59. The number of nitrogens with zero attached hydrogens (tertiary/aromatic N) is 1. The molecule has 0 bridgehead atoms. The lowest BCUT2D eigenvalue weighted by atomic mass is 9.89. The Labute approximate surface area is 85.2 Å². The van der Waals surface area contributed by atoms with E-state index < -0.39 is 5.54 Å². The number of nitrogens with one attached hydrogen (secondary N) is 2. The molecule has 0 saturated carbocycles. The van der Waals surface area contributed by atoms with E-state index in [2.05, 4.69) is 15.6 Å². The van der Waals surface area contributed by atoms with Crippen LogP contribution in [0.3, 0.4) is 0 Å². The van der Waals surface area contributed by atoms with Crippen molar-refractivity contribution in [1.29, 1.82) is 0 Å². The fourth-order valence-corrected chi connectivity index (χ4v) is 1.30. The van der Waals surface area contributed by atoms with Crippen molar-refractivity contribution in [3.63, 3.8) is 0 Å². The Morgan fingerprint density at radius 3 is 2.21 bits per heavy atom. The quantitative estimate of drug-likeness (QED) is 0.690. The molecular weight excluding hydrogens is 178 g/mol. The molecule has 14 heavy (non-hydrogen) atoms. The molecule has 1 aliphatic rings. The molecule has 0 spiro atoms. The van der Waals surface area contributed by atoms with Crippen LogP contribution in [0.1, 0.15) is 34.6 Å². The Kier molecular flexibility index (Phi) is 2.83. The van der Waals surface area contributed by atoms with Crippen LogP contribution in [0.4, 0.5) is 0 Å². The number of hydrogen-bond acceptors (Lipinski definition) is 2.